The summed E-state index contributed by atoms with van der Waals surface area (Å²) in [6.45, 7) is 2.14. The number of rotatable bonds is 6. The lowest BCUT2D eigenvalue weighted by Gasteiger charge is -2.32. The molecule has 2 aromatic rings. The van der Waals surface area contributed by atoms with Gasteiger partial charge < -0.3 is 9.64 Å². The van der Waals surface area contributed by atoms with Gasteiger partial charge in [0.1, 0.15) is 11.6 Å². The van der Waals surface area contributed by atoms with Crippen LogP contribution in [0.4, 0.5) is 5.82 Å². The number of hydrogen-bond donors (Lipinski definition) is 1. The third kappa shape index (κ3) is 4.46. The van der Waals surface area contributed by atoms with Crippen LogP contribution < -0.4 is 14.4 Å². The van der Waals surface area contributed by atoms with Crippen LogP contribution in [0.2, 0.25) is 0 Å². The quantitative estimate of drug-likeness (QED) is 0.842. The third-order valence-corrected chi connectivity index (χ3v) is 5.82. The van der Waals surface area contributed by atoms with Crippen molar-refractivity contribution in [2.24, 2.45) is 5.92 Å². The Labute approximate surface area is 148 Å². The zero-order valence-corrected chi connectivity index (χ0v) is 14.9. The number of sulfonamides is 1. The molecular formula is C17H22N4O3S. The summed E-state index contributed by atoms with van der Waals surface area (Å²) >= 11 is 0. The Morgan fingerprint density at radius 2 is 2.08 bits per heavy atom. The number of piperidine rings is 1. The predicted octanol–water partition coefficient (Wildman–Crippen LogP) is 1.68. The molecule has 0 unspecified atom stereocenters. The lowest BCUT2D eigenvalue weighted by atomic mass is 9.97. The number of benzene rings is 1. The molecule has 0 bridgehead atoms. The summed E-state index contributed by atoms with van der Waals surface area (Å²) in [4.78, 5) is 10.8. The van der Waals surface area contributed by atoms with Gasteiger partial charge in [0.25, 0.3) is 0 Å². The minimum atomic E-state index is -3.52. The summed E-state index contributed by atoms with van der Waals surface area (Å²) in [5.41, 5.74) is 0. The van der Waals surface area contributed by atoms with Crippen molar-refractivity contribution in [3.8, 4) is 5.75 Å². The minimum Gasteiger partial charge on any atom is -0.497 e. The largest absolute Gasteiger partial charge is 0.497 e. The Balaban J connectivity index is 1.54. The average Bonchev–Trinajstić information content (AvgIpc) is 2.67. The highest BCUT2D eigenvalue weighted by Crippen LogP contribution is 2.22. The van der Waals surface area contributed by atoms with Crippen molar-refractivity contribution in [1.82, 2.24) is 14.7 Å². The second-order valence-electron chi connectivity index (χ2n) is 6.02. The van der Waals surface area contributed by atoms with Crippen molar-refractivity contribution in [2.75, 3.05) is 31.6 Å². The van der Waals surface area contributed by atoms with Gasteiger partial charge in [-0.1, -0.05) is 6.07 Å². The fourth-order valence-corrected chi connectivity index (χ4v) is 4.05. The molecule has 134 valence electrons. The lowest BCUT2D eigenvalue weighted by molar-refractivity contribution is 0.400. The molecule has 1 fully saturated rings. The van der Waals surface area contributed by atoms with Gasteiger partial charge in [-0.15, -0.1) is 0 Å². The molecule has 2 heterocycles. The maximum atomic E-state index is 12.4. The number of anilines is 1. The van der Waals surface area contributed by atoms with Gasteiger partial charge in [-0.2, -0.15) is 0 Å². The van der Waals surface area contributed by atoms with Gasteiger partial charge in [0.15, 0.2) is 0 Å². The van der Waals surface area contributed by atoms with Crippen molar-refractivity contribution in [2.45, 2.75) is 17.7 Å². The van der Waals surface area contributed by atoms with Crippen molar-refractivity contribution in [3.63, 3.8) is 0 Å². The summed E-state index contributed by atoms with van der Waals surface area (Å²) in [5, 5.41) is 0. The number of methoxy groups -OCH3 is 1. The molecule has 1 aromatic carbocycles. The molecule has 0 atom stereocenters. The van der Waals surface area contributed by atoms with E-state index in [1.54, 1.807) is 36.8 Å². The summed E-state index contributed by atoms with van der Waals surface area (Å²) in [7, 11) is -2.01. The predicted molar refractivity (Wildman–Crippen MR) is 95.2 cm³/mol. The van der Waals surface area contributed by atoms with Crippen LogP contribution in [-0.4, -0.2) is 45.1 Å². The molecule has 3 rings (SSSR count). The summed E-state index contributed by atoms with van der Waals surface area (Å²) in [5.74, 6) is 1.71. The molecule has 0 spiro atoms. The summed E-state index contributed by atoms with van der Waals surface area (Å²) < 4.78 is 32.7. The van der Waals surface area contributed by atoms with Gasteiger partial charge in [0.2, 0.25) is 10.0 Å². The monoisotopic (exact) mass is 362 g/mol. The van der Waals surface area contributed by atoms with Crippen LogP contribution in [0, 0.1) is 5.92 Å². The van der Waals surface area contributed by atoms with E-state index >= 15 is 0 Å². The Kier molecular flexibility index (Phi) is 5.50. The zero-order chi connectivity index (χ0) is 17.7. The zero-order valence-electron chi connectivity index (χ0n) is 14.1. The van der Waals surface area contributed by atoms with Crippen LogP contribution in [0.5, 0.6) is 5.75 Å². The number of nitrogens with one attached hydrogen (secondary N) is 1. The maximum Gasteiger partial charge on any atom is 0.240 e. The van der Waals surface area contributed by atoms with E-state index in [0.29, 0.717) is 18.2 Å². The number of aromatic nitrogens is 2. The van der Waals surface area contributed by atoms with E-state index < -0.39 is 10.0 Å². The molecule has 25 heavy (non-hydrogen) atoms. The number of nitrogens with zero attached hydrogens (tertiary/aromatic N) is 3. The molecule has 1 saturated heterocycles. The molecule has 1 aliphatic rings. The summed E-state index contributed by atoms with van der Waals surface area (Å²) in [6, 6.07) is 6.49. The fourth-order valence-electron chi connectivity index (χ4n) is 2.90. The molecule has 8 heteroatoms. The van der Waals surface area contributed by atoms with E-state index in [1.165, 1.54) is 13.2 Å². The molecule has 1 aromatic heterocycles. The normalized spacial score (nSPS) is 16.0. The molecule has 0 aliphatic carbocycles. The van der Waals surface area contributed by atoms with Crippen LogP contribution >= 0.6 is 0 Å². The Bertz CT molecular complexity index is 791. The maximum absolute atomic E-state index is 12.4. The van der Waals surface area contributed by atoms with Crippen LogP contribution in [0.1, 0.15) is 12.8 Å². The molecule has 1 N–H and O–H groups in total. The van der Waals surface area contributed by atoms with E-state index in [4.69, 9.17) is 4.74 Å². The van der Waals surface area contributed by atoms with E-state index in [1.807, 2.05) is 0 Å². The highest BCUT2D eigenvalue weighted by Gasteiger charge is 2.22. The van der Waals surface area contributed by atoms with Crippen molar-refractivity contribution in [1.29, 1.82) is 0 Å². The lowest BCUT2D eigenvalue weighted by Crippen LogP contribution is -2.39. The first kappa shape index (κ1) is 17.6. The Morgan fingerprint density at radius 3 is 2.76 bits per heavy atom. The Morgan fingerprint density at radius 1 is 1.28 bits per heavy atom. The van der Waals surface area contributed by atoms with Gasteiger partial charge in [0, 0.05) is 38.1 Å². The number of hydrogen-bond acceptors (Lipinski definition) is 6. The Hall–Kier alpha value is -2.19. The first-order valence-corrected chi connectivity index (χ1v) is 9.71. The van der Waals surface area contributed by atoms with Gasteiger partial charge in [-0.3, -0.25) is 4.98 Å². The van der Waals surface area contributed by atoms with Crippen molar-refractivity contribution in [3.05, 3.63) is 42.9 Å². The first-order valence-electron chi connectivity index (χ1n) is 8.23. The van der Waals surface area contributed by atoms with Crippen molar-refractivity contribution >= 4 is 15.8 Å². The highest BCUT2D eigenvalue weighted by atomic mass is 32.2. The van der Waals surface area contributed by atoms with Crippen LogP contribution in [0.15, 0.2) is 47.8 Å². The SMILES string of the molecule is COc1cccc(S(=O)(=O)NCC2CCN(c3cnccn3)CC2)c1. The molecule has 0 amide bonds. The van der Waals surface area contributed by atoms with Gasteiger partial charge in [-0.25, -0.2) is 18.1 Å². The second kappa shape index (κ2) is 7.79. The fraction of sp³-hybridized carbons (Fsp3) is 0.412. The highest BCUT2D eigenvalue weighted by molar-refractivity contribution is 7.89. The standard InChI is InChI=1S/C17H22N4O3S/c1-24-15-3-2-4-16(11-15)25(22,23)20-12-14-5-9-21(10-6-14)17-13-18-7-8-19-17/h2-4,7-8,11,13-14,20H,5-6,9-10,12H2,1H3. The van der Waals surface area contributed by atoms with E-state index in [9.17, 15) is 8.42 Å². The first-order chi connectivity index (χ1) is 12.1. The van der Waals surface area contributed by atoms with E-state index in [2.05, 4.69) is 19.6 Å². The second-order valence-corrected chi connectivity index (χ2v) is 7.79. The number of ether oxygens (including phenoxy) is 1. The molecule has 0 radical (unpaired) electrons. The van der Waals surface area contributed by atoms with Crippen LogP contribution in [-0.2, 0) is 10.0 Å². The van der Waals surface area contributed by atoms with Crippen LogP contribution in [0.25, 0.3) is 0 Å². The summed E-state index contributed by atoms with van der Waals surface area (Å²) in [6.07, 6.45) is 6.92. The van der Waals surface area contributed by atoms with Crippen LogP contribution in [0.3, 0.4) is 0 Å². The molecular weight excluding hydrogens is 340 g/mol. The van der Waals surface area contributed by atoms with Gasteiger partial charge >= 0.3 is 0 Å². The smallest absolute Gasteiger partial charge is 0.240 e. The van der Waals surface area contributed by atoms with E-state index in [0.717, 1.165) is 31.7 Å². The topological polar surface area (TPSA) is 84.4 Å². The van der Waals surface area contributed by atoms with Gasteiger partial charge in [-0.05, 0) is 30.9 Å². The van der Waals surface area contributed by atoms with Gasteiger partial charge in [0.05, 0.1) is 18.2 Å². The average molecular weight is 362 g/mol. The van der Waals surface area contributed by atoms with E-state index in [-0.39, 0.29) is 4.90 Å². The minimum absolute atomic E-state index is 0.226. The molecule has 0 saturated carbocycles. The third-order valence-electron chi connectivity index (χ3n) is 4.40. The molecule has 7 nitrogen and oxygen atoms in total. The van der Waals surface area contributed by atoms with Crippen molar-refractivity contribution < 1.29 is 13.2 Å². The molecule has 1 aliphatic heterocycles.